The second-order valence-corrected chi connectivity index (χ2v) is 6.59. The van der Waals surface area contributed by atoms with Crippen LogP contribution in [0.5, 0.6) is 0 Å². The molecule has 0 aromatic heterocycles. The molecular formula is C21H35NO2. The molecule has 24 heavy (non-hydrogen) atoms. The van der Waals surface area contributed by atoms with E-state index in [0.717, 1.165) is 18.4 Å². The van der Waals surface area contributed by atoms with Gasteiger partial charge in [0.1, 0.15) is 0 Å². The molecule has 1 aromatic rings. The monoisotopic (exact) mass is 333 g/mol. The van der Waals surface area contributed by atoms with Crippen LogP contribution in [0.3, 0.4) is 0 Å². The number of rotatable bonds is 15. The molecule has 3 heteroatoms. The normalized spacial score (nSPS) is 10.7. The highest BCUT2D eigenvalue weighted by atomic mass is 16.6. The van der Waals surface area contributed by atoms with E-state index >= 15 is 0 Å². The van der Waals surface area contributed by atoms with E-state index in [9.17, 15) is 4.79 Å². The van der Waals surface area contributed by atoms with Crippen LogP contribution in [0.4, 0.5) is 0 Å². The van der Waals surface area contributed by atoms with Crippen molar-refractivity contribution in [3.05, 3.63) is 35.9 Å². The summed E-state index contributed by atoms with van der Waals surface area (Å²) in [7, 11) is 0. The van der Waals surface area contributed by atoms with Crippen molar-refractivity contribution >= 4 is 5.91 Å². The molecule has 0 aliphatic rings. The molecule has 0 unspecified atom stereocenters. The molecule has 3 nitrogen and oxygen atoms in total. The number of carbonyl (C=O) groups excluding carboxylic acids is 1. The van der Waals surface area contributed by atoms with Crippen molar-refractivity contribution in [2.45, 2.75) is 90.6 Å². The summed E-state index contributed by atoms with van der Waals surface area (Å²) in [6, 6.07) is 9.86. The lowest BCUT2D eigenvalue weighted by Crippen LogP contribution is -2.23. The summed E-state index contributed by atoms with van der Waals surface area (Å²) in [4.78, 5) is 16.9. The first kappa shape index (κ1) is 20.7. The zero-order valence-electron chi connectivity index (χ0n) is 15.4. The van der Waals surface area contributed by atoms with Gasteiger partial charge < -0.3 is 0 Å². The molecule has 0 saturated heterocycles. The number of hydrogen-bond donors (Lipinski definition) is 1. The van der Waals surface area contributed by atoms with Gasteiger partial charge in [-0.05, 0) is 12.0 Å². The van der Waals surface area contributed by atoms with Crippen molar-refractivity contribution in [1.82, 2.24) is 5.48 Å². The number of hydrogen-bond acceptors (Lipinski definition) is 2. The molecule has 0 spiro atoms. The average Bonchev–Trinajstić information content (AvgIpc) is 2.60. The standard InChI is InChI=1S/C21H35NO2/c1-2-3-4-5-6-7-8-9-10-11-15-18-21(23)22-24-19-20-16-13-12-14-17-20/h12-14,16-17H,2-11,15,18-19H2,1H3,(H,22,23). The van der Waals surface area contributed by atoms with Crippen molar-refractivity contribution < 1.29 is 9.63 Å². The summed E-state index contributed by atoms with van der Waals surface area (Å²) < 4.78 is 0. The Morgan fingerprint density at radius 1 is 0.833 bits per heavy atom. The number of nitrogens with one attached hydrogen (secondary N) is 1. The molecule has 1 aromatic carbocycles. The predicted octanol–water partition coefficient (Wildman–Crippen LogP) is 5.94. The maximum absolute atomic E-state index is 11.7. The zero-order chi connectivity index (χ0) is 17.3. The van der Waals surface area contributed by atoms with E-state index in [1.54, 1.807) is 0 Å². The fourth-order valence-corrected chi connectivity index (χ4v) is 2.77. The third-order valence-electron chi connectivity index (χ3n) is 4.28. The Morgan fingerprint density at radius 2 is 1.38 bits per heavy atom. The number of unbranched alkanes of at least 4 members (excludes halogenated alkanes) is 10. The van der Waals surface area contributed by atoms with Gasteiger partial charge in [0, 0.05) is 6.42 Å². The van der Waals surface area contributed by atoms with Gasteiger partial charge in [0.05, 0.1) is 6.61 Å². The fraction of sp³-hybridized carbons (Fsp3) is 0.667. The molecule has 0 bridgehead atoms. The first-order chi connectivity index (χ1) is 11.8. The van der Waals surface area contributed by atoms with E-state index in [0.29, 0.717) is 13.0 Å². The van der Waals surface area contributed by atoms with Gasteiger partial charge in [-0.25, -0.2) is 5.48 Å². The van der Waals surface area contributed by atoms with E-state index in [1.165, 1.54) is 57.8 Å². The molecule has 136 valence electrons. The first-order valence-corrected chi connectivity index (χ1v) is 9.77. The Balaban J connectivity index is 1.82. The summed E-state index contributed by atoms with van der Waals surface area (Å²) in [5, 5.41) is 0. The lowest BCUT2D eigenvalue weighted by Gasteiger charge is -2.06. The van der Waals surface area contributed by atoms with Crippen molar-refractivity contribution in [2.75, 3.05) is 0 Å². The maximum Gasteiger partial charge on any atom is 0.243 e. The van der Waals surface area contributed by atoms with Gasteiger partial charge >= 0.3 is 0 Å². The van der Waals surface area contributed by atoms with Crippen molar-refractivity contribution in [2.24, 2.45) is 0 Å². The van der Waals surface area contributed by atoms with Crippen LogP contribution in [-0.4, -0.2) is 5.91 Å². The third-order valence-corrected chi connectivity index (χ3v) is 4.28. The lowest BCUT2D eigenvalue weighted by molar-refractivity contribution is -0.134. The SMILES string of the molecule is CCCCCCCCCCCCCC(=O)NOCc1ccccc1. The molecule has 1 amide bonds. The van der Waals surface area contributed by atoms with Crippen LogP contribution in [0.15, 0.2) is 30.3 Å². The second-order valence-electron chi connectivity index (χ2n) is 6.59. The van der Waals surface area contributed by atoms with Gasteiger partial charge in [-0.2, -0.15) is 0 Å². The minimum atomic E-state index is -0.0122. The summed E-state index contributed by atoms with van der Waals surface area (Å²) in [6.07, 6.45) is 14.8. The minimum absolute atomic E-state index is 0.0122. The summed E-state index contributed by atoms with van der Waals surface area (Å²) in [5.74, 6) is -0.0122. The quantitative estimate of drug-likeness (QED) is 0.319. The van der Waals surface area contributed by atoms with E-state index in [4.69, 9.17) is 4.84 Å². The summed E-state index contributed by atoms with van der Waals surface area (Å²) in [6.45, 7) is 2.68. The largest absolute Gasteiger partial charge is 0.273 e. The van der Waals surface area contributed by atoms with Crippen molar-refractivity contribution in [3.8, 4) is 0 Å². The number of benzene rings is 1. The van der Waals surface area contributed by atoms with Gasteiger partial charge in [0.25, 0.3) is 0 Å². The van der Waals surface area contributed by atoms with Gasteiger partial charge in [0.15, 0.2) is 0 Å². The molecule has 0 aliphatic heterocycles. The molecule has 0 fully saturated rings. The van der Waals surface area contributed by atoms with Gasteiger partial charge in [0.2, 0.25) is 5.91 Å². The van der Waals surface area contributed by atoms with E-state index in [-0.39, 0.29) is 5.91 Å². The van der Waals surface area contributed by atoms with Gasteiger partial charge in [-0.3, -0.25) is 9.63 Å². The van der Waals surface area contributed by atoms with Crippen LogP contribution in [0.25, 0.3) is 0 Å². The first-order valence-electron chi connectivity index (χ1n) is 9.77. The molecule has 0 saturated carbocycles. The Hall–Kier alpha value is -1.35. The van der Waals surface area contributed by atoms with E-state index in [2.05, 4.69) is 12.4 Å². The number of carbonyl (C=O) groups is 1. The maximum atomic E-state index is 11.7. The molecule has 0 aliphatic carbocycles. The van der Waals surface area contributed by atoms with Crippen LogP contribution >= 0.6 is 0 Å². The van der Waals surface area contributed by atoms with Crippen molar-refractivity contribution in [1.29, 1.82) is 0 Å². The number of hydroxylamine groups is 1. The fourth-order valence-electron chi connectivity index (χ4n) is 2.77. The third kappa shape index (κ3) is 12.1. The highest BCUT2D eigenvalue weighted by molar-refractivity contribution is 5.74. The van der Waals surface area contributed by atoms with Crippen LogP contribution in [0.2, 0.25) is 0 Å². The predicted molar refractivity (Wildman–Crippen MR) is 100 cm³/mol. The molecule has 0 heterocycles. The Kier molecular flexibility index (Phi) is 13.1. The van der Waals surface area contributed by atoms with Crippen LogP contribution in [0, 0.1) is 0 Å². The van der Waals surface area contributed by atoms with Gasteiger partial charge in [-0.1, -0.05) is 101 Å². The highest BCUT2D eigenvalue weighted by Gasteiger charge is 2.01. The van der Waals surface area contributed by atoms with Crippen LogP contribution < -0.4 is 5.48 Å². The summed E-state index contributed by atoms with van der Waals surface area (Å²) >= 11 is 0. The molecule has 1 N–H and O–H groups in total. The average molecular weight is 334 g/mol. The number of amides is 1. The Labute approximate surface area is 148 Å². The molecule has 0 atom stereocenters. The molecular weight excluding hydrogens is 298 g/mol. The zero-order valence-corrected chi connectivity index (χ0v) is 15.4. The van der Waals surface area contributed by atoms with Crippen molar-refractivity contribution in [3.63, 3.8) is 0 Å². The van der Waals surface area contributed by atoms with Gasteiger partial charge in [-0.15, -0.1) is 0 Å². The van der Waals surface area contributed by atoms with Crippen LogP contribution in [-0.2, 0) is 16.2 Å². The van der Waals surface area contributed by atoms with E-state index < -0.39 is 0 Å². The topological polar surface area (TPSA) is 38.3 Å². The second kappa shape index (κ2) is 15.2. The minimum Gasteiger partial charge on any atom is -0.273 e. The smallest absolute Gasteiger partial charge is 0.243 e. The Bertz CT molecular complexity index is 406. The Morgan fingerprint density at radius 3 is 1.96 bits per heavy atom. The molecule has 0 radical (unpaired) electrons. The van der Waals surface area contributed by atoms with Crippen LogP contribution in [0.1, 0.15) is 89.5 Å². The highest BCUT2D eigenvalue weighted by Crippen LogP contribution is 2.11. The lowest BCUT2D eigenvalue weighted by atomic mass is 10.1. The summed E-state index contributed by atoms with van der Waals surface area (Å²) in [5.41, 5.74) is 3.59. The molecule has 1 rings (SSSR count). The van der Waals surface area contributed by atoms with E-state index in [1.807, 2.05) is 30.3 Å².